The Balaban J connectivity index is 2.04. The number of anilines is 1. The highest BCUT2D eigenvalue weighted by atomic mass is 16.5. The molecule has 1 aromatic carbocycles. The molecule has 3 rings (SSSR count). The molecule has 0 aliphatic carbocycles. The first kappa shape index (κ1) is 19.4. The summed E-state index contributed by atoms with van der Waals surface area (Å²) in [5, 5.41) is 14.1. The molecule has 0 bridgehead atoms. The van der Waals surface area contributed by atoms with E-state index in [9.17, 15) is 14.7 Å². The Labute approximate surface area is 160 Å². The van der Waals surface area contributed by atoms with Crippen LogP contribution in [0.5, 0.6) is 5.75 Å². The van der Waals surface area contributed by atoms with Crippen molar-refractivity contribution in [2.75, 3.05) is 12.5 Å². The van der Waals surface area contributed by atoms with Gasteiger partial charge in [0.15, 0.2) is 11.2 Å². The number of ether oxygens (including phenoxy) is 1. The summed E-state index contributed by atoms with van der Waals surface area (Å²) in [4.78, 5) is 30.7. The van der Waals surface area contributed by atoms with E-state index in [1.165, 1.54) is 16.2 Å². The number of hydrogen-bond donors (Lipinski definition) is 3. The van der Waals surface area contributed by atoms with Crippen molar-refractivity contribution in [1.29, 1.82) is 0 Å². The van der Waals surface area contributed by atoms with Gasteiger partial charge in [0, 0.05) is 7.05 Å². The molecule has 10 heteroatoms. The number of nitrogens with zero attached hydrogens (tertiary/aromatic N) is 4. The Hall–Kier alpha value is -3.40. The molecular weight excluding hydrogens is 364 g/mol. The lowest BCUT2D eigenvalue weighted by molar-refractivity contribution is 0.175. The van der Waals surface area contributed by atoms with Gasteiger partial charge in [-0.2, -0.15) is 10.1 Å². The van der Waals surface area contributed by atoms with Crippen molar-refractivity contribution in [2.45, 2.75) is 26.5 Å². The number of nitrogens with one attached hydrogen (secondary N) is 2. The fraction of sp³-hybridized carbons (Fsp3) is 0.333. The number of benzene rings is 1. The lowest BCUT2D eigenvalue weighted by Gasteiger charge is -2.10. The Bertz CT molecular complexity index is 1140. The highest BCUT2D eigenvalue weighted by Crippen LogP contribution is 2.17. The molecule has 148 valence electrons. The summed E-state index contributed by atoms with van der Waals surface area (Å²) in [5.74, 6) is 0.985. The molecule has 10 nitrogen and oxygen atoms in total. The molecule has 0 spiro atoms. The maximum atomic E-state index is 12.3. The quantitative estimate of drug-likeness (QED) is 0.422. The van der Waals surface area contributed by atoms with Crippen molar-refractivity contribution in [3.05, 3.63) is 50.7 Å². The fourth-order valence-corrected chi connectivity index (χ4v) is 2.79. The normalized spacial score (nSPS) is 13.0. The van der Waals surface area contributed by atoms with Crippen molar-refractivity contribution in [2.24, 2.45) is 12.1 Å². The Morgan fingerprint density at radius 1 is 1.36 bits per heavy atom. The number of aliphatic hydroxyl groups is 1. The first-order valence-corrected chi connectivity index (χ1v) is 8.64. The van der Waals surface area contributed by atoms with Crippen LogP contribution in [-0.2, 0) is 13.6 Å². The van der Waals surface area contributed by atoms with E-state index in [2.05, 4.69) is 20.5 Å². The van der Waals surface area contributed by atoms with Crippen LogP contribution in [0.2, 0.25) is 0 Å². The number of aliphatic hydroxyl groups excluding tert-OH is 1. The van der Waals surface area contributed by atoms with E-state index in [4.69, 9.17) is 4.74 Å². The van der Waals surface area contributed by atoms with Crippen LogP contribution in [0.1, 0.15) is 19.4 Å². The molecule has 2 heterocycles. The number of H-pyrrole nitrogens is 1. The number of hydrogen-bond acceptors (Lipinski definition) is 7. The zero-order chi connectivity index (χ0) is 20.4. The standard InChI is InChI=1S/C18H22N6O4/c1-10(25)9-24-14-15(23(3)18(27)20-16(14)26)19-17(24)22-21-11(2)12-5-7-13(28-4)8-6-12/h5-8,10,25H,9H2,1-4H3,(H,19,22)(H,20,26,27)/b21-11+. The number of rotatable bonds is 6. The van der Waals surface area contributed by atoms with Crippen molar-refractivity contribution >= 4 is 22.8 Å². The largest absolute Gasteiger partial charge is 0.497 e. The zero-order valence-electron chi connectivity index (χ0n) is 16.1. The number of imidazole rings is 1. The molecule has 0 saturated carbocycles. The highest BCUT2D eigenvalue weighted by molar-refractivity contribution is 5.99. The van der Waals surface area contributed by atoms with E-state index in [1.54, 1.807) is 14.0 Å². The van der Waals surface area contributed by atoms with Gasteiger partial charge in [-0.1, -0.05) is 0 Å². The molecule has 0 fully saturated rings. The van der Waals surface area contributed by atoms with Crippen LogP contribution in [0.25, 0.3) is 11.2 Å². The second-order valence-corrected chi connectivity index (χ2v) is 6.42. The topological polar surface area (TPSA) is 127 Å². The van der Waals surface area contributed by atoms with Gasteiger partial charge in [0.25, 0.3) is 5.56 Å². The van der Waals surface area contributed by atoms with Crippen LogP contribution >= 0.6 is 0 Å². The van der Waals surface area contributed by atoms with E-state index in [0.717, 1.165) is 11.3 Å². The summed E-state index contributed by atoms with van der Waals surface area (Å²) in [6, 6.07) is 7.39. The average Bonchev–Trinajstić information content (AvgIpc) is 3.02. The van der Waals surface area contributed by atoms with Gasteiger partial charge < -0.3 is 14.4 Å². The molecule has 0 saturated heterocycles. The maximum Gasteiger partial charge on any atom is 0.329 e. The second kappa shape index (κ2) is 7.69. The first-order chi connectivity index (χ1) is 13.3. The zero-order valence-corrected chi connectivity index (χ0v) is 16.1. The van der Waals surface area contributed by atoms with Crippen molar-refractivity contribution in [3.63, 3.8) is 0 Å². The monoisotopic (exact) mass is 386 g/mol. The Morgan fingerprint density at radius 2 is 2.04 bits per heavy atom. The first-order valence-electron chi connectivity index (χ1n) is 8.64. The molecule has 28 heavy (non-hydrogen) atoms. The number of methoxy groups -OCH3 is 1. The lowest BCUT2D eigenvalue weighted by Crippen LogP contribution is -2.29. The summed E-state index contributed by atoms with van der Waals surface area (Å²) in [7, 11) is 3.11. The van der Waals surface area contributed by atoms with E-state index in [-0.39, 0.29) is 23.7 Å². The van der Waals surface area contributed by atoms with E-state index in [1.807, 2.05) is 31.2 Å². The predicted molar refractivity (Wildman–Crippen MR) is 106 cm³/mol. The molecule has 0 aliphatic rings. The van der Waals surface area contributed by atoms with Crippen molar-refractivity contribution < 1.29 is 9.84 Å². The van der Waals surface area contributed by atoms with Gasteiger partial charge in [-0.3, -0.25) is 14.3 Å². The second-order valence-electron chi connectivity index (χ2n) is 6.42. The summed E-state index contributed by atoms with van der Waals surface area (Å²) < 4.78 is 7.88. The Kier molecular flexibility index (Phi) is 5.32. The van der Waals surface area contributed by atoms with Gasteiger partial charge in [0.2, 0.25) is 5.95 Å². The van der Waals surface area contributed by atoms with Gasteiger partial charge in [-0.05, 0) is 43.7 Å². The maximum absolute atomic E-state index is 12.3. The third-order valence-electron chi connectivity index (χ3n) is 4.29. The van der Waals surface area contributed by atoms with Crippen LogP contribution in [0.3, 0.4) is 0 Å². The average molecular weight is 386 g/mol. The number of aromatic nitrogens is 4. The minimum absolute atomic E-state index is 0.108. The van der Waals surface area contributed by atoms with Crippen LogP contribution in [0, 0.1) is 0 Å². The number of aromatic amines is 1. The number of hydrazone groups is 1. The van der Waals surface area contributed by atoms with E-state index < -0.39 is 17.4 Å². The summed E-state index contributed by atoms with van der Waals surface area (Å²) in [6.45, 7) is 3.52. The minimum atomic E-state index is -0.735. The minimum Gasteiger partial charge on any atom is -0.497 e. The predicted octanol–water partition coefficient (Wildman–Crippen LogP) is 0.649. The number of fused-ring (bicyclic) bond motifs is 1. The van der Waals surface area contributed by atoms with Crippen LogP contribution in [-0.4, -0.2) is 43.1 Å². The lowest BCUT2D eigenvalue weighted by atomic mass is 10.1. The molecule has 3 aromatic rings. The molecule has 0 amide bonds. The van der Waals surface area contributed by atoms with Crippen LogP contribution < -0.4 is 21.4 Å². The third-order valence-corrected chi connectivity index (χ3v) is 4.29. The van der Waals surface area contributed by atoms with Gasteiger partial charge in [-0.15, -0.1) is 0 Å². The fourth-order valence-electron chi connectivity index (χ4n) is 2.79. The third kappa shape index (κ3) is 3.67. The van der Waals surface area contributed by atoms with Gasteiger partial charge in [0.05, 0.1) is 25.5 Å². The smallest absolute Gasteiger partial charge is 0.329 e. The summed E-state index contributed by atoms with van der Waals surface area (Å²) >= 11 is 0. The van der Waals surface area contributed by atoms with E-state index >= 15 is 0 Å². The molecule has 2 aromatic heterocycles. The van der Waals surface area contributed by atoms with Gasteiger partial charge in [0.1, 0.15) is 5.75 Å². The number of aryl methyl sites for hydroxylation is 1. The Morgan fingerprint density at radius 3 is 2.64 bits per heavy atom. The molecule has 0 aliphatic heterocycles. The molecule has 1 atom stereocenters. The SMILES string of the molecule is COc1ccc(/C(C)=N/Nc2nc3c(c(=O)[nH]c(=O)n3C)n2CC(C)O)cc1. The van der Waals surface area contributed by atoms with E-state index in [0.29, 0.717) is 5.71 Å². The summed E-state index contributed by atoms with van der Waals surface area (Å²) in [5.41, 5.74) is 3.64. The highest BCUT2D eigenvalue weighted by Gasteiger charge is 2.18. The van der Waals surface area contributed by atoms with Crippen LogP contribution in [0.15, 0.2) is 39.0 Å². The molecule has 0 radical (unpaired) electrons. The molecule has 1 unspecified atom stereocenters. The summed E-state index contributed by atoms with van der Waals surface area (Å²) in [6.07, 6.45) is -0.735. The van der Waals surface area contributed by atoms with Crippen molar-refractivity contribution in [1.82, 2.24) is 19.1 Å². The molecular formula is C18H22N6O4. The van der Waals surface area contributed by atoms with Crippen LogP contribution in [0.4, 0.5) is 5.95 Å². The van der Waals surface area contributed by atoms with Gasteiger partial charge in [-0.25, -0.2) is 10.2 Å². The molecule has 3 N–H and O–H groups in total. The van der Waals surface area contributed by atoms with Gasteiger partial charge >= 0.3 is 5.69 Å². The van der Waals surface area contributed by atoms with Crippen molar-refractivity contribution in [3.8, 4) is 5.75 Å².